The molecule has 3 aromatic carbocycles. The van der Waals surface area contributed by atoms with Crippen LogP contribution in [0, 0.1) is 0 Å². The van der Waals surface area contributed by atoms with Crippen molar-refractivity contribution in [3.63, 3.8) is 0 Å². The van der Waals surface area contributed by atoms with Crippen molar-refractivity contribution in [2.75, 3.05) is 19.5 Å². The number of methoxy groups -OCH3 is 2. The summed E-state index contributed by atoms with van der Waals surface area (Å²) in [5.74, 6) is 1.70. The number of hydrogen-bond acceptors (Lipinski definition) is 4. The summed E-state index contributed by atoms with van der Waals surface area (Å²) >= 11 is 5.90. The first-order valence-corrected chi connectivity index (χ1v) is 9.63. The first-order valence-electron chi connectivity index (χ1n) is 9.26. The molecule has 6 heteroatoms. The highest BCUT2D eigenvalue weighted by Gasteiger charge is 2.06. The van der Waals surface area contributed by atoms with E-state index in [1.165, 1.54) is 6.08 Å². The van der Waals surface area contributed by atoms with Crippen LogP contribution in [0.3, 0.4) is 0 Å². The molecule has 0 bridgehead atoms. The van der Waals surface area contributed by atoms with E-state index in [0.717, 1.165) is 16.9 Å². The van der Waals surface area contributed by atoms with Crippen LogP contribution in [-0.4, -0.2) is 20.1 Å². The first kappa shape index (κ1) is 21.3. The molecule has 0 fully saturated rings. The molecule has 0 saturated carbocycles. The topological polar surface area (TPSA) is 56.8 Å². The summed E-state index contributed by atoms with van der Waals surface area (Å²) in [6.45, 7) is 0.396. The molecule has 0 radical (unpaired) electrons. The molecule has 154 valence electrons. The summed E-state index contributed by atoms with van der Waals surface area (Å²) in [5.41, 5.74) is 2.50. The van der Waals surface area contributed by atoms with Gasteiger partial charge in [0.15, 0.2) is 11.5 Å². The number of halogens is 1. The fraction of sp³-hybridized carbons (Fsp3) is 0.125. The number of ether oxygens (including phenoxy) is 3. The number of nitrogens with one attached hydrogen (secondary N) is 1. The zero-order valence-electron chi connectivity index (χ0n) is 16.7. The predicted octanol–water partition coefficient (Wildman–Crippen LogP) is 5.59. The molecule has 0 heterocycles. The number of rotatable bonds is 8. The summed E-state index contributed by atoms with van der Waals surface area (Å²) in [5, 5.41) is 3.48. The average molecular weight is 424 g/mol. The zero-order valence-corrected chi connectivity index (χ0v) is 17.5. The summed E-state index contributed by atoms with van der Waals surface area (Å²) in [4.78, 5) is 12.2. The lowest BCUT2D eigenvalue weighted by molar-refractivity contribution is -0.111. The van der Waals surface area contributed by atoms with Crippen molar-refractivity contribution in [2.24, 2.45) is 0 Å². The van der Waals surface area contributed by atoms with E-state index in [1.807, 2.05) is 42.5 Å². The highest BCUT2D eigenvalue weighted by Crippen LogP contribution is 2.29. The van der Waals surface area contributed by atoms with Gasteiger partial charge < -0.3 is 19.5 Å². The summed E-state index contributed by atoms with van der Waals surface area (Å²) in [6.07, 6.45) is 3.18. The summed E-state index contributed by atoms with van der Waals surface area (Å²) in [7, 11) is 3.17. The van der Waals surface area contributed by atoms with Gasteiger partial charge in [-0.25, -0.2) is 0 Å². The lowest BCUT2D eigenvalue weighted by Crippen LogP contribution is -2.07. The number of amides is 1. The number of carbonyl (C=O) groups excluding carboxylic acids is 1. The molecule has 5 nitrogen and oxygen atoms in total. The van der Waals surface area contributed by atoms with Crippen LogP contribution in [0.15, 0.2) is 72.8 Å². The molecule has 1 N–H and O–H groups in total. The minimum Gasteiger partial charge on any atom is -0.497 e. The second-order valence-corrected chi connectivity index (χ2v) is 6.81. The van der Waals surface area contributed by atoms with Crippen LogP contribution in [0.5, 0.6) is 17.2 Å². The van der Waals surface area contributed by atoms with Gasteiger partial charge in [-0.05, 0) is 65.7 Å². The van der Waals surface area contributed by atoms with Crippen molar-refractivity contribution in [1.29, 1.82) is 0 Å². The number of carbonyl (C=O) groups is 1. The van der Waals surface area contributed by atoms with Gasteiger partial charge in [0.1, 0.15) is 12.4 Å². The average Bonchev–Trinajstić information content (AvgIpc) is 2.78. The second-order valence-electron chi connectivity index (χ2n) is 6.38. The van der Waals surface area contributed by atoms with Crippen molar-refractivity contribution in [3.8, 4) is 17.2 Å². The molecular weight excluding hydrogens is 402 g/mol. The maximum absolute atomic E-state index is 12.2. The van der Waals surface area contributed by atoms with Crippen LogP contribution in [-0.2, 0) is 11.4 Å². The number of benzene rings is 3. The SMILES string of the molecule is COc1ccc(NC(=O)/C=C/c2ccc(OCc3ccc(Cl)cc3)c(OC)c2)cc1. The Kier molecular flexibility index (Phi) is 7.35. The molecule has 0 aliphatic carbocycles. The Balaban J connectivity index is 1.61. The van der Waals surface area contributed by atoms with E-state index in [4.69, 9.17) is 25.8 Å². The van der Waals surface area contributed by atoms with Gasteiger partial charge in [-0.3, -0.25) is 4.79 Å². The van der Waals surface area contributed by atoms with Crippen molar-refractivity contribution < 1.29 is 19.0 Å². The fourth-order valence-electron chi connectivity index (χ4n) is 2.68. The van der Waals surface area contributed by atoms with E-state index < -0.39 is 0 Å². The third-order valence-electron chi connectivity index (χ3n) is 4.28. The van der Waals surface area contributed by atoms with Gasteiger partial charge in [-0.15, -0.1) is 0 Å². The predicted molar refractivity (Wildman–Crippen MR) is 119 cm³/mol. The largest absolute Gasteiger partial charge is 0.497 e. The molecule has 0 aliphatic heterocycles. The van der Waals surface area contributed by atoms with Crippen molar-refractivity contribution in [1.82, 2.24) is 0 Å². The Bertz CT molecular complexity index is 1010. The van der Waals surface area contributed by atoms with Gasteiger partial charge in [0, 0.05) is 16.8 Å². The normalized spacial score (nSPS) is 10.6. The van der Waals surface area contributed by atoms with Crippen molar-refractivity contribution in [3.05, 3.63) is 89.0 Å². The quantitative estimate of drug-likeness (QED) is 0.480. The maximum atomic E-state index is 12.2. The van der Waals surface area contributed by atoms with Gasteiger partial charge >= 0.3 is 0 Å². The minimum atomic E-state index is -0.234. The zero-order chi connectivity index (χ0) is 21.3. The number of anilines is 1. The summed E-state index contributed by atoms with van der Waals surface area (Å²) in [6, 6.07) is 20.1. The molecule has 3 rings (SSSR count). The van der Waals surface area contributed by atoms with E-state index in [-0.39, 0.29) is 5.91 Å². The molecule has 0 aliphatic rings. The Morgan fingerprint density at radius 1 is 0.933 bits per heavy atom. The van der Waals surface area contributed by atoms with Crippen LogP contribution < -0.4 is 19.5 Å². The molecular formula is C24H22ClNO4. The van der Waals surface area contributed by atoms with E-state index >= 15 is 0 Å². The van der Waals surface area contributed by atoms with E-state index in [1.54, 1.807) is 44.6 Å². The maximum Gasteiger partial charge on any atom is 0.248 e. The molecule has 0 spiro atoms. The van der Waals surface area contributed by atoms with Crippen LogP contribution in [0.25, 0.3) is 6.08 Å². The molecule has 3 aromatic rings. The Morgan fingerprint density at radius 2 is 1.67 bits per heavy atom. The smallest absolute Gasteiger partial charge is 0.248 e. The Morgan fingerprint density at radius 3 is 2.33 bits per heavy atom. The first-order chi connectivity index (χ1) is 14.6. The van der Waals surface area contributed by atoms with Crippen molar-refractivity contribution >= 4 is 29.3 Å². The number of hydrogen-bond donors (Lipinski definition) is 1. The van der Waals surface area contributed by atoms with Gasteiger partial charge in [0.25, 0.3) is 0 Å². The second kappa shape index (κ2) is 10.4. The van der Waals surface area contributed by atoms with Crippen LogP contribution in [0.4, 0.5) is 5.69 Å². The minimum absolute atomic E-state index is 0.234. The van der Waals surface area contributed by atoms with Gasteiger partial charge in [-0.1, -0.05) is 29.8 Å². The van der Waals surface area contributed by atoms with Gasteiger partial charge in [-0.2, -0.15) is 0 Å². The molecule has 0 atom stereocenters. The lowest BCUT2D eigenvalue weighted by Gasteiger charge is -2.11. The van der Waals surface area contributed by atoms with E-state index in [9.17, 15) is 4.79 Å². The van der Waals surface area contributed by atoms with E-state index in [0.29, 0.717) is 28.8 Å². The Labute approximate surface area is 180 Å². The van der Waals surface area contributed by atoms with Crippen LogP contribution in [0.1, 0.15) is 11.1 Å². The highest BCUT2D eigenvalue weighted by molar-refractivity contribution is 6.30. The van der Waals surface area contributed by atoms with E-state index in [2.05, 4.69) is 5.32 Å². The molecule has 0 unspecified atom stereocenters. The molecule has 0 aromatic heterocycles. The van der Waals surface area contributed by atoms with Crippen molar-refractivity contribution in [2.45, 2.75) is 6.61 Å². The third-order valence-corrected chi connectivity index (χ3v) is 4.53. The standard InChI is InChI=1S/C24H22ClNO4/c1-28-21-11-9-20(10-12-21)26-24(27)14-6-17-5-13-22(23(15-17)29-2)30-16-18-3-7-19(25)8-4-18/h3-15H,16H2,1-2H3,(H,26,27)/b14-6+. The monoisotopic (exact) mass is 423 g/mol. The van der Waals surface area contributed by atoms with Crippen LogP contribution in [0.2, 0.25) is 5.02 Å². The highest BCUT2D eigenvalue weighted by atomic mass is 35.5. The van der Waals surface area contributed by atoms with Gasteiger partial charge in [0.05, 0.1) is 14.2 Å². The molecule has 0 saturated heterocycles. The molecule has 30 heavy (non-hydrogen) atoms. The van der Waals surface area contributed by atoms with Crippen LogP contribution >= 0.6 is 11.6 Å². The summed E-state index contributed by atoms with van der Waals surface area (Å²) < 4.78 is 16.4. The molecule has 1 amide bonds. The third kappa shape index (κ3) is 6.03. The fourth-order valence-corrected chi connectivity index (χ4v) is 2.80. The van der Waals surface area contributed by atoms with Gasteiger partial charge in [0.2, 0.25) is 5.91 Å². The lowest BCUT2D eigenvalue weighted by atomic mass is 10.2. The Hall–Kier alpha value is -3.44.